The number of rotatable bonds is 3. The van der Waals surface area contributed by atoms with Crippen molar-refractivity contribution in [2.75, 3.05) is 26.3 Å². The number of amides is 1. The van der Waals surface area contributed by atoms with Crippen molar-refractivity contribution in [2.24, 2.45) is 0 Å². The lowest BCUT2D eigenvalue weighted by Gasteiger charge is -2.32. The molecule has 0 radical (unpaired) electrons. The van der Waals surface area contributed by atoms with Gasteiger partial charge in [0.05, 0.1) is 44.2 Å². The van der Waals surface area contributed by atoms with Gasteiger partial charge < -0.3 is 18.8 Å². The van der Waals surface area contributed by atoms with Crippen molar-refractivity contribution in [3.8, 4) is 0 Å². The third-order valence-corrected chi connectivity index (χ3v) is 4.92. The summed E-state index contributed by atoms with van der Waals surface area (Å²) >= 11 is 0. The molecule has 0 N–H and O–H groups in total. The molecule has 2 fully saturated rings. The molecule has 134 valence electrons. The summed E-state index contributed by atoms with van der Waals surface area (Å²) in [5.74, 6) is 0.611. The Morgan fingerprint density at radius 1 is 1.48 bits per heavy atom. The largest absolute Gasteiger partial charge is 0.469 e. The van der Waals surface area contributed by atoms with E-state index in [1.54, 1.807) is 30.3 Å². The van der Waals surface area contributed by atoms with Gasteiger partial charge in [0.15, 0.2) is 0 Å². The molecule has 2 aliphatic rings. The van der Waals surface area contributed by atoms with Gasteiger partial charge in [0, 0.05) is 6.54 Å². The van der Waals surface area contributed by atoms with Crippen molar-refractivity contribution in [3.63, 3.8) is 0 Å². The van der Waals surface area contributed by atoms with Gasteiger partial charge in [-0.1, -0.05) is 0 Å². The SMILES string of the molecule is Cc1occc1C(=O)N1CCOC[C@]2(CC[C@H](Cn3cncn3)O2)C1. The summed E-state index contributed by atoms with van der Waals surface area (Å²) in [6, 6.07) is 1.72. The number of hydrogen-bond donors (Lipinski definition) is 0. The van der Waals surface area contributed by atoms with Gasteiger partial charge in [-0.15, -0.1) is 0 Å². The van der Waals surface area contributed by atoms with E-state index in [2.05, 4.69) is 10.1 Å². The topological polar surface area (TPSA) is 82.6 Å². The fraction of sp³-hybridized carbons (Fsp3) is 0.588. The third kappa shape index (κ3) is 3.32. The average Bonchev–Trinajstić information content (AvgIpc) is 3.30. The van der Waals surface area contributed by atoms with Crippen LogP contribution in [0.4, 0.5) is 0 Å². The van der Waals surface area contributed by atoms with Crippen molar-refractivity contribution in [2.45, 2.75) is 38.0 Å². The minimum Gasteiger partial charge on any atom is -0.469 e. The Bertz CT molecular complexity index is 729. The molecule has 4 rings (SSSR count). The first-order valence-electron chi connectivity index (χ1n) is 8.57. The minimum atomic E-state index is -0.449. The zero-order valence-electron chi connectivity index (χ0n) is 14.3. The van der Waals surface area contributed by atoms with Crippen molar-refractivity contribution in [3.05, 3.63) is 36.3 Å². The van der Waals surface area contributed by atoms with Crippen LogP contribution in [0.1, 0.15) is 29.0 Å². The fourth-order valence-electron chi connectivity index (χ4n) is 3.64. The highest BCUT2D eigenvalue weighted by Gasteiger charge is 2.44. The fourth-order valence-corrected chi connectivity index (χ4v) is 3.64. The van der Waals surface area contributed by atoms with Crippen molar-refractivity contribution in [1.29, 1.82) is 0 Å². The molecule has 2 atom stereocenters. The van der Waals surface area contributed by atoms with E-state index >= 15 is 0 Å². The molecule has 1 amide bonds. The standard InChI is InChI=1S/C17H22N4O4/c1-13-15(3-6-24-13)16(22)20-5-7-23-10-17(9-20)4-2-14(25-17)8-21-12-18-11-19-21/h3,6,11-12,14H,2,4-5,7-10H2,1H3/t14-,17+/m1/s1. The van der Waals surface area contributed by atoms with Crippen LogP contribution >= 0.6 is 0 Å². The molecule has 2 aliphatic heterocycles. The maximum absolute atomic E-state index is 12.8. The molecule has 25 heavy (non-hydrogen) atoms. The minimum absolute atomic E-state index is 0.0283. The van der Waals surface area contributed by atoms with Crippen LogP contribution in [0, 0.1) is 6.92 Å². The molecule has 1 spiro atoms. The van der Waals surface area contributed by atoms with E-state index in [9.17, 15) is 4.79 Å². The van der Waals surface area contributed by atoms with E-state index in [0.29, 0.717) is 44.2 Å². The normalized spacial score (nSPS) is 26.9. The number of hydrogen-bond acceptors (Lipinski definition) is 6. The van der Waals surface area contributed by atoms with Gasteiger partial charge in [-0.2, -0.15) is 5.10 Å². The van der Waals surface area contributed by atoms with Gasteiger partial charge in [0.1, 0.15) is 24.0 Å². The van der Waals surface area contributed by atoms with Crippen LogP contribution in [0.5, 0.6) is 0 Å². The Kier molecular flexibility index (Phi) is 4.30. The molecule has 2 saturated heterocycles. The van der Waals surface area contributed by atoms with Gasteiger partial charge in [-0.25, -0.2) is 4.98 Å². The van der Waals surface area contributed by atoms with E-state index in [-0.39, 0.29) is 12.0 Å². The van der Waals surface area contributed by atoms with Crippen LogP contribution in [0.25, 0.3) is 0 Å². The lowest BCUT2D eigenvalue weighted by Crippen LogP contribution is -2.47. The molecule has 0 saturated carbocycles. The molecule has 8 nitrogen and oxygen atoms in total. The van der Waals surface area contributed by atoms with Gasteiger partial charge in [-0.3, -0.25) is 9.48 Å². The summed E-state index contributed by atoms with van der Waals surface area (Å²) in [6.45, 7) is 4.58. The van der Waals surface area contributed by atoms with Crippen LogP contribution in [0.3, 0.4) is 0 Å². The maximum atomic E-state index is 12.8. The molecule has 2 aromatic heterocycles. The van der Waals surface area contributed by atoms with E-state index in [4.69, 9.17) is 13.9 Å². The predicted octanol–water partition coefficient (Wildman–Crippen LogP) is 1.27. The quantitative estimate of drug-likeness (QED) is 0.832. The second-order valence-corrected chi connectivity index (χ2v) is 6.75. The van der Waals surface area contributed by atoms with Gasteiger partial charge in [0.25, 0.3) is 5.91 Å². The van der Waals surface area contributed by atoms with E-state index in [1.807, 2.05) is 4.90 Å². The number of nitrogens with zero attached hydrogens (tertiary/aromatic N) is 4. The first-order valence-corrected chi connectivity index (χ1v) is 8.57. The molecule has 0 unspecified atom stereocenters. The number of aromatic nitrogens is 3. The van der Waals surface area contributed by atoms with Gasteiger partial charge in [0.2, 0.25) is 0 Å². The number of carbonyl (C=O) groups excluding carboxylic acids is 1. The zero-order chi connectivity index (χ0) is 17.3. The highest BCUT2D eigenvalue weighted by atomic mass is 16.6. The molecule has 8 heteroatoms. The Balaban J connectivity index is 1.46. The van der Waals surface area contributed by atoms with Crippen LogP contribution in [0.15, 0.2) is 29.4 Å². The van der Waals surface area contributed by atoms with Crippen molar-refractivity contribution < 1.29 is 18.7 Å². The highest BCUT2D eigenvalue weighted by Crippen LogP contribution is 2.34. The third-order valence-electron chi connectivity index (χ3n) is 4.92. The van der Waals surface area contributed by atoms with Crippen LogP contribution < -0.4 is 0 Å². The molecular formula is C17H22N4O4. The Labute approximate surface area is 145 Å². The summed E-state index contributed by atoms with van der Waals surface area (Å²) in [6.07, 6.45) is 6.59. The second kappa shape index (κ2) is 6.61. The van der Waals surface area contributed by atoms with E-state index < -0.39 is 5.60 Å². The van der Waals surface area contributed by atoms with Gasteiger partial charge >= 0.3 is 0 Å². The maximum Gasteiger partial charge on any atom is 0.257 e. The van der Waals surface area contributed by atoms with Crippen molar-refractivity contribution >= 4 is 5.91 Å². The molecule has 2 aromatic rings. The van der Waals surface area contributed by atoms with E-state index in [0.717, 1.165) is 12.8 Å². The van der Waals surface area contributed by atoms with Crippen LogP contribution in [-0.2, 0) is 16.0 Å². The lowest BCUT2D eigenvalue weighted by atomic mass is 9.99. The van der Waals surface area contributed by atoms with Crippen LogP contribution in [0.2, 0.25) is 0 Å². The first-order chi connectivity index (χ1) is 12.2. The lowest BCUT2D eigenvalue weighted by molar-refractivity contribution is -0.0881. The summed E-state index contributed by atoms with van der Waals surface area (Å²) in [5, 5.41) is 4.14. The van der Waals surface area contributed by atoms with E-state index in [1.165, 1.54) is 6.33 Å². The molecule has 0 bridgehead atoms. The average molecular weight is 346 g/mol. The molecular weight excluding hydrogens is 324 g/mol. The second-order valence-electron chi connectivity index (χ2n) is 6.75. The Hall–Kier alpha value is -2.19. The summed E-state index contributed by atoms with van der Waals surface area (Å²) in [4.78, 5) is 18.6. The molecule has 0 aliphatic carbocycles. The monoisotopic (exact) mass is 346 g/mol. The molecule has 4 heterocycles. The first kappa shape index (κ1) is 16.3. The van der Waals surface area contributed by atoms with Crippen LogP contribution in [-0.4, -0.2) is 63.6 Å². The zero-order valence-corrected chi connectivity index (χ0v) is 14.3. The van der Waals surface area contributed by atoms with Crippen molar-refractivity contribution in [1.82, 2.24) is 19.7 Å². The summed E-state index contributed by atoms with van der Waals surface area (Å²) in [5.41, 5.74) is 0.156. The number of furan rings is 1. The smallest absolute Gasteiger partial charge is 0.257 e. The highest BCUT2D eigenvalue weighted by molar-refractivity contribution is 5.95. The number of ether oxygens (including phenoxy) is 2. The summed E-state index contributed by atoms with van der Waals surface area (Å²) in [7, 11) is 0. The van der Waals surface area contributed by atoms with Gasteiger partial charge in [-0.05, 0) is 25.8 Å². The Morgan fingerprint density at radius 2 is 2.40 bits per heavy atom. The molecule has 0 aromatic carbocycles. The Morgan fingerprint density at radius 3 is 3.16 bits per heavy atom. The number of aryl methyl sites for hydroxylation is 1. The summed E-state index contributed by atoms with van der Waals surface area (Å²) < 4.78 is 19.2. The predicted molar refractivity (Wildman–Crippen MR) is 87.0 cm³/mol. The number of carbonyl (C=O) groups is 1.